The van der Waals surface area contributed by atoms with Crippen molar-refractivity contribution in [1.29, 1.82) is 0 Å². The van der Waals surface area contributed by atoms with Crippen molar-refractivity contribution in [2.45, 2.75) is 29.1 Å². The van der Waals surface area contributed by atoms with Crippen LogP contribution in [-0.4, -0.2) is 20.5 Å². The number of alkyl halides is 6. The highest BCUT2D eigenvalue weighted by molar-refractivity contribution is 8.01. The Hall–Kier alpha value is -0.900. The Morgan fingerprint density at radius 3 is 2.42 bits per heavy atom. The average Bonchev–Trinajstić information content (AvgIpc) is 3.23. The highest BCUT2D eigenvalue weighted by Crippen LogP contribution is 2.44. The maximum atomic E-state index is 13.4. The molecule has 1 aliphatic carbocycles. The minimum atomic E-state index is -4.53. The third-order valence-corrected chi connectivity index (χ3v) is 4.69. The monoisotopic (exact) mass is 403 g/mol. The van der Waals surface area contributed by atoms with Crippen molar-refractivity contribution < 1.29 is 22.4 Å². The summed E-state index contributed by atoms with van der Waals surface area (Å²) in [6, 6.07) is 3.67. The number of benzene rings is 1. The van der Waals surface area contributed by atoms with Gasteiger partial charge in [0.15, 0.2) is 0 Å². The summed E-state index contributed by atoms with van der Waals surface area (Å²) < 4.78 is 50.2. The number of hydrazine groups is 1. The van der Waals surface area contributed by atoms with Crippen molar-refractivity contribution in [2.24, 2.45) is 5.92 Å². The molecule has 0 radical (unpaired) electrons. The number of rotatable bonds is 4. The van der Waals surface area contributed by atoms with Gasteiger partial charge in [0.2, 0.25) is 0 Å². The van der Waals surface area contributed by atoms with Gasteiger partial charge in [0.25, 0.3) is 0 Å². The lowest BCUT2D eigenvalue weighted by molar-refractivity contribution is -0.137. The van der Waals surface area contributed by atoms with Gasteiger partial charge in [0.05, 0.1) is 5.56 Å². The molecule has 1 aliphatic heterocycles. The zero-order valence-corrected chi connectivity index (χ0v) is 14.2. The number of carbonyl (C=O) groups is 1. The van der Waals surface area contributed by atoms with Crippen molar-refractivity contribution in [3.05, 3.63) is 29.8 Å². The maximum absolute atomic E-state index is 13.4. The standard InChI is InChI=1S/C13H11Cl2F4N3OS/c14-13(15,19)24-22-11(23)21(10(20-22)7-4-5-7)9-3-1-2-8(6-9)12(16,17)18/h1-3,6-7,10,20H,4-5H2. The van der Waals surface area contributed by atoms with Gasteiger partial charge in [-0.15, -0.1) is 0 Å². The Morgan fingerprint density at radius 2 is 1.88 bits per heavy atom. The molecule has 2 amide bonds. The molecule has 1 unspecified atom stereocenters. The Morgan fingerprint density at radius 1 is 1.21 bits per heavy atom. The summed E-state index contributed by atoms with van der Waals surface area (Å²) in [6.45, 7) is 0. The van der Waals surface area contributed by atoms with Gasteiger partial charge in [0, 0.05) is 17.6 Å². The zero-order chi connectivity index (χ0) is 17.7. The van der Waals surface area contributed by atoms with Gasteiger partial charge < -0.3 is 0 Å². The summed E-state index contributed by atoms with van der Waals surface area (Å²) in [6.07, 6.45) is -3.50. The predicted molar refractivity (Wildman–Crippen MR) is 83.9 cm³/mol. The van der Waals surface area contributed by atoms with Crippen LogP contribution in [0, 0.1) is 5.92 Å². The molecule has 3 rings (SSSR count). The average molecular weight is 404 g/mol. The topological polar surface area (TPSA) is 35.6 Å². The fraction of sp³-hybridized carbons (Fsp3) is 0.462. The first kappa shape index (κ1) is 17.9. The third-order valence-electron chi connectivity index (χ3n) is 3.62. The molecule has 2 aliphatic rings. The van der Waals surface area contributed by atoms with Gasteiger partial charge in [-0.2, -0.15) is 27.4 Å². The fourth-order valence-electron chi connectivity index (χ4n) is 2.45. The Balaban J connectivity index is 1.91. The number of amides is 2. The molecule has 132 valence electrons. The van der Waals surface area contributed by atoms with Crippen LogP contribution in [0.5, 0.6) is 0 Å². The van der Waals surface area contributed by atoms with Gasteiger partial charge in [-0.05, 0) is 37.0 Å². The van der Waals surface area contributed by atoms with Gasteiger partial charge >= 0.3 is 16.1 Å². The summed E-state index contributed by atoms with van der Waals surface area (Å²) in [7, 11) is 0. The number of nitrogens with one attached hydrogen (secondary N) is 1. The molecule has 1 aromatic carbocycles. The van der Waals surface area contributed by atoms with Crippen LogP contribution in [0.1, 0.15) is 18.4 Å². The van der Waals surface area contributed by atoms with Gasteiger partial charge in [-0.1, -0.05) is 29.3 Å². The molecule has 0 bridgehead atoms. The summed E-state index contributed by atoms with van der Waals surface area (Å²) in [5, 5.41) is 0. The minimum Gasteiger partial charge on any atom is -0.274 e. The second-order valence-electron chi connectivity index (χ2n) is 5.44. The van der Waals surface area contributed by atoms with Gasteiger partial charge in [-0.25, -0.2) is 4.79 Å². The van der Waals surface area contributed by atoms with Crippen molar-refractivity contribution in [3.8, 4) is 0 Å². The number of hydrogen-bond donors (Lipinski definition) is 1. The van der Waals surface area contributed by atoms with E-state index >= 15 is 0 Å². The van der Waals surface area contributed by atoms with Crippen molar-refractivity contribution in [2.75, 3.05) is 4.90 Å². The smallest absolute Gasteiger partial charge is 0.274 e. The molecule has 0 spiro atoms. The van der Waals surface area contributed by atoms with E-state index in [2.05, 4.69) is 5.43 Å². The molecule has 1 saturated carbocycles. The molecule has 24 heavy (non-hydrogen) atoms. The molecule has 11 heteroatoms. The van der Waals surface area contributed by atoms with Crippen LogP contribution in [-0.2, 0) is 6.18 Å². The second-order valence-corrected chi connectivity index (χ2v) is 8.24. The second kappa shape index (κ2) is 6.12. The van der Waals surface area contributed by atoms with Crippen LogP contribution >= 0.6 is 35.1 Å². The molecule has 4 nitrogen and oxygen atoms in total. The Bertz CT molecular complexity index is 651. The quantitative estimate of drug-likeness (QED) is 0.441. The van der Waals surface area contributed by atoms with Crippen molar-refractivity contribution >= 4 is 46.9 Å². The predicted octanol–water partition coefficient (Wildman–Crippen LogP) is 4.89. The molecular formula is C13H11Cl2F4N3OS. The summed E-state index contributed by atoms with van der Waals surface area (Å²) in [5.41, 5.74) is 1.94. The van der Waals surface area contributed by atoms with E-state index in [1.807, 2.05) is 0 Å². The van der Waals surface area contributed by atoms with Crippen LogP contribution in [0.4, 0.5) is 28.0 Å². The van der Waals surface area contributed by atoms with E-state index in [0.717, 1.165) is 29.4 Å². The highest BCUT2D eigenvalue weighted by Gasteiger charge is 2.49. The normalized spacial score (nSPS) is 22.4. The van der Waals surface area contributed by atoms with Crippen LogP contribution in [0.3, 0.4) is 0 Å². The summed E-state index contributed by atoms with van der Waals surface area (Å²) in [5.74, 6) is 0.0637. The number of halogens is 6. The number of urea groups is 1. The molecule has 1 aromatic rings. The zero-order valence-electron chi connectivity index (χ0n) is 11.9. The molecule has 1 heterocycles. The number of anilines is 1. The van der Waals surface area contributed by atoms with Crippen molar-refractivity contribution in [1.82, 2.24) is 9.84 Å². The van der Waals surface area contributed by atoms with E-state index in [1.54, 1.807) is 0 Å². The van der Waals surface area contributed by atoms with E-state index in [-0.39, 0.29) is 23.6 Å². The van der Waals surface area contributed by atoms with Crippen LogP contribution in [0.15, 0.2) is 24.3 Å². The van der Waals surface area contributed by atoms with E-state index in [4.69, 9.17) is 23.2 Å². The molecule has 2 fully saturated rings. The molecule has 0 aromatic heterocycles. The van der Waals surface area contributed by atoms with Crippen LogP contribution in [0.25, 0.3) is 0 Å². The maximum Gasteiger partial charge on any atom is 0.416 e. The SMILES string of the molecule is O=C1N(SC(F)(Cl)Cl)NC(C2CC2)N1c1cccc(C(F)(F)F)c1. The lowest BCUT2D eigenvalue weighted by Crippen LogP contribution is -2.39. The van der Waals surface area contributed by atoms with Crippen molar-refractivity contribution in [3.63, 3.8) is 0 Å². The Labute approximate surface area is 149 Å². The highest BCUT2D eigenvalue weighted by atomic mass is 35.5. The van der Waals surface area contributed by atoms with E-state index in [1.165, 1.54) is 17.0 Å². The molecule has 1 N–H and O–H groups in total. The first-order valence-corrected chi connectivity index (χ1v) is 8.42. The van der Waals surface area contributed by atoms with Crippen LogP contribution in [0.2, 0.25) is 0 Å². The van der Waals surface area contributed by atoms with E-state index in [9.17, 15) is 22.4 Å². The number of carbonyl (C=O) groups excluding carboxylic acids is 1. The van der Waals surface area contributed by atoms with Gasteiger partial charge in [0.1, 0.15) is 6.17 Å². The number of nitrogens with zero attached hydrogens (tertiary/aromatic N) is 2. The first-order valence-electron chi connectivity index (χ1n) is 6.89. The first-order chi connectivity index (χ1) is 11.1. The fourth-order valence-corrected chi connectivity index (χ4v) is 3.40. The Kier molecular flexibility index (Phi) is 4.57. The lowest BCUT2D eigenvalue weighted by atomic mass is 10.1. The lowest BCUT2D eigenvalue weighted by Gasteiger charge is -2.23. The van der Waals surface area contributed by atoms with Crippen LogP contribution < -0.4 is 10.3 Å². The number of hydrogen-bond acceptors (Lipinski definition) is 3. The van der Waals surface area contributed by atoms with E-state index < -0.39 is 27.9 Å². The minimum absolute atomic E-state index is 0.0637. The largest absolute Gasteiger partial charge is 0.416 e. The molecular weight excluding hydrogens is 393 g/mol. The molecule has 1 atom stereocenters. The third kappa shape index (κ3) is 3.84. The summed E-state index contributed by atoms with van der Waals surface area (Å²) in [4.78, 5) is 13.7. The van der Waals surface area contributed by atoms with Gasteiger partial charge in [-0.3, -0.25) is 4.90 Å². The summed E-state index contributed by atoms with van der Waals surface area (Å²) >= 11 is 10.7. The van der Waals surface area contributed by atoms with E-state index in [0.29, 0.717) is 0 Å². The molecule has 1 saturated heterocycles.